The predicted molar refractivity (Wildman–Crippen MR) is 83.1 cm³/mol. The summed E-state index contributed by atoms with van der Waals surface area (Å²) in [5.41, 5.74) is 1.48. The lowest BCUT2D eigenvalue weighted by Gasteiger charge is -2.33. The van der Waals surface area contributed by atoms with Gasteiger partial charge in [-0.3, -0.25) is 0 Å². The van der Waals surface area contributed by atoms with Crippen molar-refractivity contribution in [3.63, 3.8) is 0 Å². The van der Waals surface area contributed by atoms with Gasteiger partial charge in [0, 0.05) is 0 Å². The molecule has 5 aliphatic rings. The van der Waals surface area contributed by atoms with E-state index in [0.29, 0.717) is 6.47 Å². The second kappa shape index (κ2) is 2.78. The van der Waals surface area contributed by atoms with Gasteiger partial charge in [0.1, 0.15) is 0 Å². The molecule has 5 saturated carbocycles. The van der Waals surface area contributed by atoms with Crippen molar-refractivity contribution in [3.8, 4) is 0 Å². The van der Waals surface area contributed by atoms with Gasteiger partial charge in [-0.1, -0.05) is 63.7 Å². The second-order valence-electron chi connectivity index (χ2n) is 7.33. The smallest absolute Gasteiger partial charge is 0.0721 e. The number of halogens is 4. The van der Waals surface area contributed by atoms with Crippen molar-refractivity contribution < 1.29 is 0 Å². The summed E-state index contributed by atoms with van der Waals surface area (Å²) in [5, 5.41) is 0. The van der Waals surface area contributed by atoms with Crippen molar-refractivity contribution in [1.29, 1.82) is 0 Å². The molecule has 0 aromatic carbocycles. The van der Waals surface area contributed by atoms with Crippen LogP contribution in [0.25, 0.3) is 0 Å². The first-order valence-corrected chi connectivity index (χ1v) is 9.75. The highest BCUT2D eigenvalue weighted by Gasteiger charge is 2.84. The standard InChI is InChI=1S/C13H14Br4/c14-12(15)6-1-10-2-8-9(13(8,16)17)4-11(10,5-10)3-7(6)12/h6-9H,1-5H2/t6-,7-,8+,9+,10?,11?. The van der Waals surface area contributed by atoms with Crippen molar-refractivity contribution in [1.82, 2.24) is 0 Å². The fourth-order valence-electron chi connectivity index (χ4n) is 5.64. The van der Waals surface area contributed by atoms with E-state index in [9.17, 15) is 0 Å². The van der Waals surface area contributed by atoms with Crippen molar-refractivity contribution in [3.05, 3.63) is 0 Å². The van der Waals surface area contributed by atoms with Crippen LogP contribution in [0.2, 0.25) is 0 Å². The summed E-state index contributed by atoms with van der Waals surface area (Å²) in [4.78, 5) is 0. The first-order valence-electron chi connectivity index (χ1n) is 6.58. The third-order valence-electron chi connectivity index (χ3n) is 6.85. The van der Waals surface area contributed by atoms with Gasteiger partial charge in [-0.15, -0.1) is 0 Å². The van der Waals surface area contributed by atoms with Crippen LogP contribution in [0.5, 0.6) is 0 Å². The van der Waals surface area contributed by atoms with Crippen LogP contribution in [0.3, 0.4) is 0 Å². The van der Waals surface area contributed by atoms with Crippen LogP contribution in [0.1, 0.15) is 32.1 Å². The quantitative estimate of drug-likeness (QED) is 0.399. The highest BCUT2D eigenvalue weighted by atomic mass is 79.9. The average molecular weight is 490 g/mol. The molecule has 0 saturated heterocycles. The highest BCUT2D eigenvalue weighted by Crippen LogP contribution is 2.91. The molecule has 0 N–H and O–H groups in total. The Morgan fingerprint density at radius 3 is 1.18 bits per heavy atom. The maximum absolute atomic E-state index is 3.90. The van der Waals surface area contributed by atoms with E-state index in [0.717, 1.165) is 34.5 Å². The summed E-state index contributed by atoms with van der Waals surface area (Å²) in [7, 11) is 0. The van der Waals surface area contributed by atoms with Crippen molar-refractivity contribution in [2.45, 2.75) is 38.6 Å². The molecule has 0 nitrogen and oxygen atoms in total. The van der Waals surface area contributed by atoms with Gasteiger partial charge >= 0.3 is 0 Å². The second-order valence-corrected chi connectivity index (χ2v) is 14.7. The fraction of sp³-hybridized carbons (Fsp3) is 1.00. The van der Waals surface area contributed by atoms with Gasteiger partial charge in [0.2, 0.25) is 0 Å². The lowest BCUT2D eigenvalue weighted by Crippen LogP contribution is -2.25. The van der Waals surface area contributed by atoms with Crippen molar-refractivity contribution in [2.24, 2.45) is 34.5 Å². The molecule has 0 aromatic heterocycles. The molecule has 0 bridgehead atoms. The van der Waals surface area contributed by atoms with E-state index in [-0.39, 0.29) is 0 Å². The molecule has 2 unspecified atom stereocenters. The number of alkyl halides is 4. The Morgan fingerprint density at radius 2 is 0.882 bits per heavy atom. The Bertz CT molecular complexity index is 373. The Labute approximate surface area is 136 Å². The molecule has 5 rings (SSSR count). The summed E-state index contributed by atoms with van der Waals surface area (Å²) in [6.07, 6.45) is 7.47. The molecule has 5 aliphatic carbocycles. The monoisotopic (exact) mass is 486 g/mol. The highest BCUT2D eigenvalue weighted by molar-refractivity contribution is 9.26. The number of hydrogen-bond donors (Lipinski definition) is 0. The maximum atomic E-state index is 3.90. The molecule has 0 radical (unpaired) electrons. The molecule has 6 atom stereocenters. The molecular weight excluding hydrogens is 476 g/mol. The van der Waals surface area contributed by atoms with E-state index in [1.54, 1.807) is 6.42 Å². The Balaban J connectivity index is 1.50. The van der Waals surface area contributed by atoms with Gasteiger partial charge in [0.05, 0.1) is 6.47 Å². The topological polar surface area (TPSA) is 0 Å². The van der Waals surface area contributed by atoms with Crippen molar-refractivity contribution in [2.75, 3.05) is 0 Å². The normalized spacial score (nSPS) is 67.1. The van der Waals surface area contributed by atoms with Gasteiger partial charge in [-0.2, -0.15) is 0 Å². The number of fused-ring (bicyclic) bond motifs is 2. The van der Waals surface area contributed by atoms with Gasteiger partial charge in [-0.25, -0.2) is 0 Å². The molecule has 0 heterocycles. The number of rotatable bonds is 0. The summed E-state index contributed by atoms with van der Waals surface area (Å²) in [6.45, 7) is 0. The fourth-order valence-corrected chi connectivity index (χ4v) is 8.96. The summed E-state index contributed by atoms with van der Waals surface area (Å²) < 4.78 is 0.643. The van der Waals surface area contributed by atoms with Crippen LogP contribution in [0.15, 0.2) is 0 Å². The maximum Gasteiger partial charge on any atom is 0.0868 e. The van der Waals surface area contributed by atoms with Crippen molar-refractivity contribution >= 4 is 63.7 Å². The molecular formula is C13H14Br4. The van der Waals surface area contributed by atoms with Crippen LogP contribution >= 0.6 is 63.7 Å². The van der Waals surface area contributed by atoms with E-state index in [2.05, 4.69) is 63.7 Å². The Morgan fingerprint density at radius 1 is 0.588 bits per heavy atom. The Hall–Kier alpha value is 1.92. The number of hydrogen-bond acceptors (Lipinski definition) is 0. The predicted octanol–water partition coefficient (Wildman–Crippen LogP) is 5.41. The molecule has 4 heteroatoms. The van der Waals surface area contributed by atoms with Crippen LogP contribution in [-0.2, 0) is 0 Å². The molecule has 0 aromatic rings. The molecule has 0 spiro atoms. The van der Waals surface area contributed by atoms with Crippen LogP contribution < -0.4 is 0 Å². The van der Waals surface area contributed by atoms with E-state index >= 15 is 0 Å². The van der Waals surface area contributed by atoms with E-state index in [4.69, 9.17) is 0 Å². The van der Waals surface area contributed by atoms with Crippen LogP contribution in [0.4, 0.5) is 0 Å². The lowest BCUT2D eigenvalue weighted by molar-refractivity contribution is 0.157. The lowest BCUT2D eigenvalue weighted by atomic mass is 9.71. The minimum Gasteiger partial charge on any atom is -0.0721 e. The molecule has 17 heavy (non-hydrogen) atoms. The molecule has 5 fully saturated rings. The first kappa shape index (κ1) is 11.6. The van der Waals surface area contributed by atoms with Crippen LogP contribution in [-0.4, -0.2) is 6.47 Å². The minimum atomic E-state index is 0.321. The van der Waals surface area contributed by atoms with Gasteiger partial charge in [0.15, 0.2) is 0 Å². The third kappa shape index (κ3) is 1.15. The third-order valence-corrected chi connectivity index (χ3v) is 11.6. The summed E-state index contributed by atoms with van der Waals surface area (Å²) in [5.74, 6) is 3.64. The molecule has 94 valence electrons. The average Bonchev–Trinajstić information content (AvgIpc) is 3.13. The van der Waals surface area contributed by atoms with Gasteiger partial charge in [0.25, 0.3) is 0 Å². The zero-order chi connectivity index (χ0) is 11.8. The molecule has 0 aliphatic heterocycles. The summed E-state index contributed by atoms with van der Waals surface area (Å²) >= 11 is 15.6. The zero-order valence-corrected chi connectivity index (χ0v) is 15.7. The zero-order valence-electron chi connectivity index (χ0n) is 9.36. The van der Waals surface area contributed by atoms with Gasteiger partial charge < -0.3 is 0 Å². The largest absolute Gasteiger partial charge is 0.0868 e. The van der Waals surface area contributed by atoms with E-state index in [1.807, 2.05) is 0 Å². The first-order chi connectivity index (χ1) is 7.83. The molecule has 0 amide bonds. The van der Waals surface area contributed by atoms with E-state index < -0.39 is 0 Å². The SMILES string of the molecule is BrC1(Br)[C@@H]2CC34C[C@H]5[C@H](CC3(C[C@H]21)C4)C5(Br)Br. The summed E-state index contributed by atoms with van der Waals surface area (Å²) in [6, 6.07) is 0. The van der Waals surface area contributed by atoms with Gasteiger partial charge in [-0.05, 0) is 66.6 Å². The minimum absolute atomic E-state index is 0.321. The van der Waals surface area contributed by atoms with Crippen LogP contribution in [0, 0.1) is 34.5 Å². The Kier molecular flexibility index (Phi) is 1.89. The van der Waals surface area contributed by atoms with E-state index in [1.165, 1.54) is 25.7 Å².